The first kappa shape index (κ1) is 7.20. The molecule has 0 saturated carbocycles. The number of hydrogen-bond acceptors (Lipinski definition) is 0. The van der Waals surface area contributed by atoms with Crippen molar-refractivity contribution in [3.63, 3.8) is 0 Å². The summed E-state index contributed by atoms with van der Waals surface area (Å²) in [4.78, 5) is 0. The van der Waals surface area contributed by atoms with Crippen LogP contribution in [0.15, 0.2) is 36.0 Å². The van der Waals surface area contributed by atoms with Crippen LogP contribution in [0.1, 0.15) is 19.8 Å². The van der Waals surface area contributed by atoms with E-state index in [0.717, 1.165) is 0 Å². The maximum atomic E-state index is 2.26. The molecular weight excluding hydrogens is 120 g/mol. The molecule has 0 saturated heterocycles. The van der Waals surface area contributed by atoms with Gasteiger partial charge in [0.1, 0.15) is 0 Å². The van der Waals surface area contributed by atoms with Gasteiger partial charge in [-0.2, -0.15) is 0 Å². The fourth-order valence-corrected chi connectivity index (χ4v) is 0.900. The molecule has 0 aromatic heterocycles. The van der Waals surface area contributed by atoms with Crippen molar-refractivity contribution in [3.05, 3.63) is 42.4 Å². The third kappa shape index (κ3) is 2.14. The van der Waals surface area contributed by atoms with Crippen molar-refractivity contribution in [2.45, 2.75) is 19.8 Å². The van der Waals surface area contributed by atoms with Gasteiger partial charge in [0.25, 0.3) is 0 Å². The predicted octanol–water partition coefficient (Wildman–Crippen LogP) is 3.04. The Morgan fingerprint density at radius 1 is 1.50 bits per heavy atom. The van der Waals surface area contributed by atoms with Crippen LogP contribution < -0.4 is 0 Å². The summed E-state index contributed by atoms with van der Waals surface area (Å²) >= 11 is 0. The van der Waals surface area contributed by atoms with Crippen molar-refractivity contribution < 1.29 is 0 Å². The molecule has 0 nitrogen and oxygen atoms in total. The molecule has 0 aromatic rings. The van der Waals surface area contributed by atoms with Gasteiger partial charge in [-0.05, 0) is 12.5 Å². The van der Waals surface area contributed by atoms with E-state index in [1.165, 1.54) is 18.4 Å². The molecule has 10 heavy (non-hydrogen) atoms. The van der Waals surface area contributed by atoms with Gasteiger partial charge in [-0.25, -0.2) is 0 Å². The lowest BCUT2D eigenvalue weighted by molar-refractivity contribution is 0.953. The van der Waals surface area contributed by atoms with Crippen molar-refractivity contribution in [3.8, 4) is 0 Å². The summed E-state index contributed by atoms with van der Waals surface area (Å²) in [6.07, 6.45) is 15.1. The molecule has 0 aromatic carbocycles. The third-order valence-corrected chi connectivity index (χ3v) is 1.47. The van der Waals surface area contributed by atoms with Gasteiger partial charge in [-0.15, -0.1) is 0 Å². The molecule has 0 atom stereocenters. The maximum absolute atomic E-state index is 2.26. The van der Waals surface area contributed by atoms with Crippen LogP contribution in [0.2, 0.25) is 0 Å². The van der Waals surface area contributed by atoms with Crippen LogP contribution >= 0.6 is 0 Å². The van der Waals surface area contributed by atoms with Crippen molar-refractivity contribution in [1.29, 1.82) is 0 Å². The van der Waals surface area contributed by atoms with E-state index in [-0.39, 0.29) is 0 Å². The normalized spacial score (nSPS) is 19.5. The van der Waals surface area contributed by atoms with Gasteiger partial charge >= 0.3 is 0 Å². The highest BCUT2D eigenvalue weighted by Gasteiger charge is 1.99. The molecule has 0 unspecified atom stereocenters. The van der Waals surface area contributed by atoms with Gasteiger partial charge in [-0.3, -0.25) is 0 Å². The molecule has 1 rings (SSSR count). The molecule has 0 aliphatic heterocycles. The molecular formula is C10H13+. The Kier molecular flexibility index (Phi) is 2.88. The Hall–Kier alpha value is -0.910. The summed E-state index contributed by atoms with van der Waals surface area (Å²) in [6.45, 7) is 2.19. The Labute approximate surface area is 62.9 Å². The molecule has 0 fully saturated rings. The van der Waals surface area contributed by atoms with E-state index >= 15 is 0 Å². The molecule has 0 heteroatoms. The highest BCUT2D eigenvalue weighted by atomic mass is 14.0. The predicted molar refractivity (Wildman–Crippen MR) is 45.6 cm³/mol. The lowest BCUT2D eigenvalue weighted by Crippen LogP contribution is -1.80. The summed E-state index contributed by atoms with van der Waals surface area (Å²) in [5, 5.41) is 0. The number of unbranched alkanes of at least 4 members (excludes halogenated alkanes) is 1. The largest absolute Gasteiger partial charge is 0.0917 e. The second kappa shape index (κ2) is 3.99. The van der Waals surface area contributed by atoms with E-state index in [4.69, 9.17) is 0 Å². The average molecular weight is 133 g/mol. The van der Waals surface area contributed by atoms with Gasteiger partial charge in [0.05, 0.1) is 5.57 Å². The van der Waals surface area contributed by atoms with Crippen molar-refractivity contribution in [1.82, 2.24) is 0 Å². The second-order valence-corrected chi connectivity index (χ2v) is 2.40. The van der Waals surface area contributed by atoms with Gasteiger partial charge in [0, 0.05) is 37.1 Å². The number of rotatable bonds is 2. The molecule has 0 spiro atoms. The lowest BCUT2D eigenvalue weighted by Gasteiger charge is -1.91. The van der Waals surface area contributed by atoms with Crippen molar-refractivity contribution in [2.24, 2.45) is 0 Å². The summed E-state index contributed by atoms with van der Waals surface area (Å²) < 4.78 is 0. The molecule has 0 bridgehead atoms. The summed E-state index contributed by atoms with van der Waals surface area (Å²) in [6, 6.07) is 0. The average Bonchev–Trinajstić information content (AvgIpc) is 2.03. The number of allylic oxidation sites excluding steroid dienone is 6. The third-order valence-electron chi connectivity index (χ3n) is 1.47. The zero-order valence-corrected chi connectivity index (χ0v) is 6.38. The quantitative estimate of drug-likeness (QED) is 0.508. The van der Waals surface area contributed by atoms with Crippen LogP contribution in [0.3, 0.4) is 0 Å². The van der Waals surface area contributed by atoms with E-state index in [0.29, 0.717) is 0 Å². The zero-order valence-electron chi connectivity index (χ0n) is 6.38. The highest BCUT2D eigenvalue weighted by Crippen LogP contribution is 2.09. The topological polar surface area (TPSA) is 0 Å². The van der Waals surface area contributed by atoms with E-state index < -0.39 is 0 Å². The lowest BCUT2D eigenvalue weighted by atomic mass is 10.1. The van der Waals surface area contributed by atoms with Crippen LogP contribution in [-0.2, 0) is 0 Å². The molecule has 1 aliphatic carbocycles. The molecule has 0 N–H and O–H groups in total. The monoisotopic (exact) mass is 133 g/mol. The Morgan fingerprint density at radius 2 is 2.40 bits per heavy atom. The molecule has 0 heterocycles. The smallest absolute Gasteiger partial charge is 0.0643 e. The second-order valence-electron chi connectivity index (χ2n) is 2.40. The minimum atomic E-state index is 1.18. The molecule has 0 radical (unpaired) electrons. The Balaban J connectivity index is 2.42. The van der Waals surface area contributed by atoms with Gasteiger partial charge in [0.15, 0.2) is 0 Å². The van der Waals surface area contributed by atoms with Crippen LogP contribution in [0.25, 0.3) is 0 Å². The number of hydrogen-bond donors (Lipinski definition) is 0. The van der Waals surface area contributed by atoms with Crippen molar-refractivity contribution >= 4 is 0 Å². The first-order valence-electron chi connectivity index (χ1n) is 3.81. The fourth-order valence-electron chi connectivity index (χ4n) is 0.900. The summed E-state index contributed by atoms with van der Waals surface area (Å²) in [5.74, 6) is 0. The first-order valence-corrected chi connectivity index (χ1v) is 3.81. The summed E-state index contributed by atoms with van der Waals surface area (Å²) in [5.41, 5.74) is 1.34. The van der Waals surface area contributed by atoms with Gasteiger partial charge in [-0.1, -0.05) is 6.92 Å². The van der Waals surface area contributed by atoms with Crippen LogP contribution in [0, 0.1) is 6.42 Å². The Bertz CT molecular complexity index is 170. The standard InChI is InChI=1S/C10H13/c1-2-3-7-10-8-5-4-6-9-10/h4-9H,2-3H2,1H3/q+1. The SMILES string of the molecule is CCC/C=C1\C=CC=C[CH+]1. The van der Waals surface area contributed by atoms with Crippen molar-refractivity contribution in [2.75, 3.05) is 0 Å². The molecule has 0 amide bonds. The van der Waals surface area contributed by atoms with Crippen LogP contribution in [0.4, 0.5) is 0 Å². The summed E-state index contributed by atoms with van der Waals surface area (Å²) in [7, 11) is 0. The minimum Gasteiger partial charge on any atom is -0.0643 e. The van der Waals surface area contributed by atoms with E-state index in [1.807, 2.05) is 6.08 Å². The molecule has 52 valence electrons. The van der Waals surface area contributed by atoms with Gasteiger partial charge in [0.2, 0.25) is 0 Å². The molecule has 1 aliphatic rings. The maximum Gasteiger partial charge on any atom is 0.0917 e. The van der Waals surface area contributed by atoms with Gasteiger partial charge < -0.3 is 0 Å². The fraction of sp³-hybridized carbons (Fsp3) is 0.300. The van der Waals surface area contributed by atoms with E-state index in [1.54, 1.807) is 0 Å². The minimum absolute atomic E-state index is 1.18. The first-order chi connectivity index (χ1) is 4.93. The zero-order chi connectivity index (χ0) is 7.23. The highest BCUT2D eigenvalue weighted by molar-refractivity contribution is 5.38. The van der Waals surface area contributed by atoms with E-state index in [2.05, 4.69) is 37.6 Å². The Morgan fingerprint density at radius 3 is 3.00 bits per heavy atom. The van der Waals surface area contributed by atoms with E-state index in [9.17, 15) is 0 Å². The van der Waals surface area contributed by atoms with Crippen LogP contribution in [0.5, 0.6) is 0 Å². The van der Waals surface area contributed by atoms with Crippen LogP contribution in [-0.4, -0.2) is 0 Å².